The Hall–Kier alpha value is -2.31. The van der Waals surface area contributed by atoms with Crippen LogP contribution in [0.2, 0.25) is 0 Å². The molecule has 0 spiro atoms. The van der Waals surface area contributed by atoms with Crippen LogP contribution >= 0.6 is 15.9 Å². The molecule has 0 saturated heterocycles. The van der Waals surface area contributed by atoms with Gasteiger partial charge in [0.25, 0.3) is 0 Å². The minimum absolute atomic E-state index is 0.684. The molecule has 0 fully saturated rings. The molecular formula is C21H22BrN3O2. The second-order valence-electron chi connectivity index (χ2n) is 6.64. The number of methoxy groups -OCH3 is 2. The third-order valence-corrected chi connectivity index (χ3v) is 5.79. The summed E-state index contributed by atoms with van der Waals surface area (Å²) in [7, 11) is 3.29. The summed E-state index contributed by atoms with van der Waals surface area (Å²) < 4.78 is 11.8. The maximum Gasteiger partial charge on any atom is 0.175 e. The SMILES string of the molecule is COc1ccc(-c2n[nH]c3c2CN(Cc2ccccc2)CC3)c(Br)c1OC. The number of aromatic nitrogens is 2. The number of rotatable bonds is 5. The number of nitrogens with zero attached hydrogens (tertiary/aromatic N) is 2. The van der Waals surface area contributed by atoms with Gasteiger partial charge in [-0.25, -0.2) is 0 Å². The van der Waals surface area contributed by atoms with E-state index in [2.05, 4.69) is 61.4 Å². The van der Waals surface area contributed by atoms with E-state index >= 15 is 0 Å². The van der Waals surface area contributed by atoms with E-state index in [4.69, 9.17) is 9.47 Å². The molecule has 0 radical (unpaired) electrons. The minimum Gasteiger partial charge on any atom is -0.493 e. The van der Waals surface area contributed by atoms with Crippen molar-refractivity contribution in [3.05, 3.63) is 63.8 Å². The van der Waals surface area contributed by atoms with Crippen LogP contribution in [0.15, 0.2) is 46.9 Å². The Kier molecular flexibility index (Phi) is 5.18. The van der Waals surface area contributed by atoms with Gasteiger partial charge in [0.05, 0.1) is 24.4 Å². The lowest BCUT2D eigenvalue weighted by Crippen LogP contribution is -2.29. The van der Waals surface area contributed by atoms with Gasteiger partial charge in [0.15, 0.2) is 11.5 Å². The molecule has 0 saturated carbocycles. The lowest BCUT2D eigenvalue weighted by molar-refractivity contribution is 0.245. The molecule has 5 nitrogen and oxygen atoms in total. The first-order valence-electron chi connectivity index (χ1n) is 8.94. The lowest BCUT2D eigenvalue weighted by atomic mass is 10.00. The fourth-order valence-corrected chi connectivity index (χ4v) is 4.30. The number of hydrogen-bond acceptors (Lipinski definition) is 4. The minimum atomic E-state index is 0.684. The summed E-state index contributed by atoms with van der Waals surface area (Å²) in [5.41, 5.74) is 5.78. The van der Waals surface area contributed by atoms with Crippen molar-refractivity contribution >= 4 is 15.9 Å². The number of halogens is 1. The summed E-state index contributed by atoms with van der Waals surface area (Å²) in [6.07, 6.45) is 0.972. The Morgan fingerprint density at radius 3 is 2.67 bits per heavy atom. The molecule has 2 aromatic carbocycles. The molecule has 3 aromatic rings. The zero-order chi connectivity index (χ0) is 18.8. The first kappa shape index (κ1) is 18.1. The first-order chi connectivity index (χ1) is 13.2. The molecule has 1 N–H and O–H groups in total. The summed E-state index contributed by atoms with van der Waals surface area (Å²) in [5.74, 6) is 1.38. The van der Waals surface area contributed by atoms with Crippen LogP contribution in [0.25, 0.3) is 11.3 Å². The molecule has 1 aliphatic rings. The monoisotopic (exact) mass is 427 g/mol. The average molecular weight is 428 g/mol. The normalized spacial score (nSPS) is 14.0. The van der Waals surface area contributed by atoms with Crippen molar-refractivity contribution in [2.75, 3.05) is 20.8 Å². The van der Waals surface area contributed by atoms with Crippen LogP contribution in [0.5, 0.6) is 11.5 Å². The van der Waals surface area contributed by atoms with E-state index in [0.29, 0.717) is 11.5 Å². The van der Waals surface area contributed by atoms with E-state index < -0.39 is 0 Å². The van der Waals surface area contributed by atoms with Gasteiger partial charge in [-0.05, 0) is 33.6 Å². The molecule has 1 aliphatic heterocycles. The van der Waals surface area contributed by atoms with Crippen LogP contribution in [-0.4, -0.2) is 35.9 Å². The Bertz CT molecular complexity index is 940. The molecule has 0 unspecified atom stereocenters. The summed E-state index contributed by atoms with van der Waals surface area (Å²) >= 11 is 3.68. The number of ether oxygens (including phenoxy) is 2. The number of aromatic amines is 1. The van der Waals surface area contributed by atoms with Crippen molar-refractivity contribution in [2.45, 2.75) is 19.5 Å². The van der Waals surface area contributed by atoms with Crippen LogP contribution in [0.3, 0.4) is 0 Å². The van der Waals surface area contributed by atoms with E-state index in [0.717, 1.165) is 41.8 Å². The Morgan fingerprint density at radius 1 is 1.11 bits per heavy atom. The zero-order valence-electron chi connectivity index (χ0n) is 15.5. The highest BCUT2D eigenvalue weighted by Crippen LogP contribution is 2.43. The van der Waals surface area contributed by atoms with Crippen LogP contribution in [0, 0.1) is 0 Å². The van der Waals surface area contributed by atoms with Crippen molar-refractivity contribution in [1.82, 2.24) is 15.1 Å². The van der Waals surface area contributed by atoms with Crippen molar-refractivity contribution in [3.8, 4) is 22.8 Å². The Morgan fingerprint density at radius 2 is 1.93 bits per heavy atom. The predicted molar refractivity (Wildman–Crippen MR) is 109 cm³/mol. The molecule has 0 aliphatic carbocycles. The van der Waals surface area contributed by atoms with Crippen molar-refractivity contribution < 1.29 is 9.47 Å². The first-order valence-corrected chi connectivity index (χ1v) is 9.73. The maximum absolute atomic E-state index is 5.53. The topological polar surface area (TPSA) is 50.4 Å². The zero-order valence-corrected chi connectivity index (χ0v) is 17.0. The molecule has 4 rings (SSSR count). The van der Waals surface area contributed by atoms with Gasteiger partial charge in [-0.15, -0.1) is 0 Å². The number of fused-ring (bicyclic) bond motifs is 1. The molecule has 0 bridgehead atoms. The summed E-state index contributed by atoms with van der Waals surface area (Å²) in [4.78, 5) is 2.46. The molecule has 27 heavy (non-hydrogen) atoms. The van der Waals surface area contributed by atoms with Gasteiger partial charge in [0.1, 0.15) is 0 Å². The molecule has 0 atom stereocenters. The lowest BCUT2D eigenvalue weighted by Gasteiger charge is -2.27. The van der Waals surface area contributed by atoms with E-state index in [1.165, 1.54) is 16.8 Å². The van der Waals surface area contributed by atoms with Gasteiger partial charge in [0.2, 0.25) is 0 Å². The standard InChI is InChI=1S/C21H22BrN3O2/c1-26-18-9-8-15(19(22)21(18)27-2)20-16-13-25(11-10-17(16)23-24-20)12-14-6-4-3-5-7-14/h3-9H,10-13H2,1-2H3,(H,23,24). The van der Waals surface area contributed by atoms with Crippen molar-refractivity contribution in [3.63, 3.8) is 0 Å². The average Bonchev–Trinajstić information content (AvgIpc) is 3.11. The number of nitrogens with one attached hydrogen (secondary N) is 1. The van der Waals surface area contributed by atoms with E-state index in [1.54, 1.807) is 14.2 Å². The third-order valence-electron chi connectivity index (χ3n) is 5.00. The predicted octanol–water partition coefficient (Wildman–Crippen LogP) is 4.41. The van der Waals surface area contributed by atoms with E-state index in [1.807, 2.05) is 12.1 Å². The molecule has 0 amide bonds. The Labute approximate surface area is 167 Å². The third kappa shape index (κ3) is 3.47. The summed E-state index contributed by atoms with van der Waals surface area (Å²) in [6.45, 7) is 2.84. The maximum atomic E-state index is 5.53. The van der Waals surface area contributed by atoms with E-state index in [-0.39, 0.29) is 0 Å². The van der Waals surface area contributed by atoms with Crippen LogP contribution in [0.1, 0.15) is 16.8 Å². The molecular weight excluding hydrogens is 406 g/mol. The van der Waals surface area contributed by atoms with Crippen molar-refractivity contribution in [2.24, 2.45) is 0 Å². The fourth-order valence-electron chi connectivity index (χ4n) is 3.62. The highest BCUT2D eigenvalue weighted by Gasteiger charge is 2.25. The molecule has 2 heterocycles. The number of hydrogen-bond donors (Lipinski definition) is 1. The number of H-pyrrole nitrogens is 1. The molecule has 1 aromatic heterocycles. The smallest absolute Gasteiger partial charge is 0.175 e. The Balaban J connectivity index is 1.66. The molecule has 6 heteroatoms. The number of benzene rings is 2. The highest BCUT2D eigenvalue weighted by atomic mass is 79.9. The van der Waals surface area contributed by atoms with Crippen LogP contribution < -0.4 is 9.47 Å². The second-order valence-corrected chi connectivity index (χ2v) is 7.43. The fraction of sp³-hybridized carbons (Fsp3) is 0.286. The quantitative estimate of drug-likeness (QED) is 0.654. The van der Waals surface area contributed by atoms with Crippen molar-refractivity contribution in [1.29, 1.82) is 0 Å². The summed E-state index contributed by atoms with van der Waals surface area (Å²) in [6, 6.07) is 14.5. The molecule has 140 valence electrons. The van der Waals surface area contributed by atoms with Gasteiger partial charge in [-0.3, -0.25) is 10.00 Å². The van der Waals surface area contributed by atoms with Gasteiger partial charge in [-0.2, -0.15) is 5.10 Å². The van der Waals surface area contributed by atoms with Gasteiger partial charge in [-0.1, -0.05) is 30.3 Å². The van der Waals surface area contributed by atoms with E-state index in [9.17, 15) is 0 Å². The van der Waals surface area contributed by atoms with Crippen LogP contribution in [0.4, 0.5) is 0 Å². The van der Waals surface area contributed by atoms with Gasteiger partial charge >= 0.3 is 0 Å². The highest BCUT2D eigenvalue weighted by molar-refractivity contribution is 9.10. The van der Waals surface area contributed by atoms with Crippen LogP contribution in [-0.2, 0) is 19.5 Å². The largest absolute Gasteiger partial charge is 0.493 e. The van der Waals surface area contributed by atoms with Gasteiger partial charge < -0.3 is 9.47 Å². The summed E-state index contributed by atoms with van der Waals surface area (Å²) in [5, 5.41) is 7.86. The van der Waals surface area contributed by atoms with Gasteiger partial charge in [0, 0.05) is 42.9 Å². The second kappa shape index (κ2) is 7.74.